The number of nitrogens with one attached hydrogen (secondary N) is 2. The average Bonchev–Trinajstić information content (AvgIpc) is 2.97. The first kappa shape index (κ1) is 20.3. The number of benzene rings is 1. The molecule has 5 nitrogen and oxygen atoms in total. The summed E-state index contributed by atoms with van der Waals surface area (Å²) in [6.07, 6.45) is 3.90. The molecule has 1 aromatic heterocycles. The molecule has 1 aliphatic heterocycles. The zero-order valence-electron chi connectivity index (χ0n) is 16.9. The molecular formula is C22H26N2O3S. The van der Waals surface area contributed by atoms with Gasteiger partial charge in [-0.15, -0.1) is 11.3 Å². The van der Waals surface area contributed by atoms with Crippen LogP contribution < -0.4 is 10.6 Å². The molecule has 0 saturated carbocycles. The number of ether oxygens (including phenoxy) is 1. The number of rotatable bonds is 4. The van der Waals surface area contributed by atoms with Crippen molar-refractivity contribution in [1.29, 1.82) is 0 Å². The van der Waals surface area contributed by atoms with Crippen molar-refractivity contribution in [1.82, 2.24) is 5.32 Å². The molecule has 1 aliphatic rings. The summed E-state index contributed by atoms with van der Waals surface area (Å²) in [5.74, 6) is -0.703. The van der Waals surface area contributed by atoms with Gasteiger partial charge in [-0.05, 0) is 51.3 Å². The molecule has 0 bridgehead atoms. The summed E-state index contributed by atoms with van der Waals surface area (Å²) < 4.78 is 5.03. The quantitative estimate of drug-likeness (QED) is 0.594. The predicted octanol–water partition coefficient (Wildman–Crippen LogP) is 4.35. The molecule has 1 amide bonds. The molecule has 1 aromatic carbocycles. The SMILES string of the molecule is COC(=O)c1c(NC(=O)C=Cc2ccccc2)sc2c1CC(C)(C)NC2(C)C. The lowest BCUT2D eigenvalue weighted by molar-refractivity contribution is -0.111. The number of fused-ring (bicyclic) bond motifs is 1. The third-order valence-electron chi connectivity index (χ3n) is 4.70. The largest absolute Gasteiger partial charge is 0.465 e. The van der Waals surface area contributed by atoms with Crippen LogP contribution in [-0.2, 0) is 21.5 Å². The van der Waals surface area contributed by atoms with E-state index in [1.54, 1.807) is 6.08 Å². The van der Waals surface area contributed by atoms with Crippen molar-refractivity contribution in [2.75, 3.05) is 12.4 Å². The zero-order valence-corrected chi connectivity index (χ0v) is 17.7. The van der Waals surface area contributed by atoms with E-state index >= 15 is 0 Å². The summed E-state index contributed by atoms with van der Waals surface area (Å²) in [7, 11) is 1.37. The van der Waals surface area contributed by atoms with Crippen molar-refractivity contribution in [3.8, 4) is 0 Å². The van der Waals surface area contributed by atoms with Crippen LogP contribution in [0.2, 0.25) is 0 Å². The first-order chi connectivity index (χ1) is 13.1. The Hall–Kier alpha value is -2.44. The molecule has 28 heavy (non-hydrogen) atoms. The molecule has 0 radical (unpaired) electrons. The summed E-state index contributed by atoms with van der Waals surface area (Å²) >= 11 is 1.43. The van der Waals surface area contributed by atoms with Gasteiger partial charge in [-0.25, -0.2) is 4.79 Å². The Balaban J connectivity index is 1.95. The second-order valence-corrected chi connectivity index (χ2v) is 9.17. The number of thiophene rings is 1. The highest BCUT2D eigenvalue weighted by atomic mass is 32.1. The first-order valence-electron chi connectivity index (χ1n) is 9.21. The van der Waals surface area contributed by atoms with Gasteiger partial charge in [0.25, 0.3) is 0 Å². The Labute approximate surface area is 169 Å². The summed E-state index contributed by atoms with van der Waals surface area (Å²) in [5.41, 5.74) is 1.87. The number of methoxy groups -OCH3 is 1. The Bertz CT molecular complexity index is 927. The van der Waals surface area contributed by atoms with Crippen LogP contribution in [0.15, 0.2) is 36.4 Å². The van der Waals surface area contributed by atoms with E-state index in [9.17, 15) is 9.59 Å². The van der Waals surface area contributed by atoms with Crippen molar-refractivity contribution in [3.63, 3.8) is 0 Å². The number of hydrogen-bond donors (Lipinski definition) is 2. The lowest BCUT2D eigenvalue weighted by Crippen LogP contribution is -2.55. The second-order valence-electron chi connectivity index (χ2n) is 8.15. The van der Waals surface area contributed by atoms with Crippen molar-refractivity contribution in [2.24, 2.45) is 0 Å². The minimum Gasteiger partial charge on any atom is -0.465 e. The maximum atomic E-state index is 12.5. The van der Waals surface area contributed by atoms with Crippen LogP contribution in [0.25, 0.3) is 6.08 Å². The van der Waals surface area contributed by atoms with Gasteiger partial charge >= 0.3 is 5.97 Å². The van der Waals surface area contributed by atoms with Crippen LogP contribution in [0.4, 0.5) is 5.00 Å². The fourth-order valence-corrected chi connectivity index (χ4v) is 5.09. The molecule has 2 heterocycles. The average molecular weight is 399 g/mol. The van der Waals surface area contributed by atoms with Gasteiger partial charge in [-0.3, -0.25) is 4.79 Å². The molecule has 0 fully saturated rings. The highest BCUT2D eigenvalue weighted by molar-refractivity contribution is 7.17. The molecule has 3 rings (SSSR count). The van der Waals surface area contributed by atoms with Crippen molar-refractivity contribution in [2.45, 2.75) is 45.2 Å². The Morgan fingerprint density at radius 3 is 2.50 bits per heavy atom. The topological polar surface area (TPSA) is 67.4 Å². The van der Waals surface area contributed by atoms with Gasteiger partial charge in [-0.2, -0.15) is 0 Å². The Kier molecular flexibility index (Phi) is 5.46. The van der Waals surface area contributed by atoms with E-state index in [2.05, 4.69) is 38.3 Å². The number of amides is 1. The lowest BCUT2D eigenvalue weighted by atomic mass is 9.81. The first-order valence-corrected chi connectivity index (χ1v) is 10.0. The van der Waals surface area contributed by atoms with Gasteiger partial charge in [-0.1, -0.05) is 30.3 Å². The molecule has 0 unspecified atom stereocenters. The minimum atomic E-state index is -0.423. The highest BCUT2D eigenvalue weighted by Crippen LogP contribution is 2.45. The summed E-state index contributed by atoms with van der Waals surface area (Å²) in [4.78, 5) is 26.1. The third kappa shape index (κ3) is 4.18. The Morgan fingerprint density at radius 1 is 1.18 bits per heavy atom. The fourth-order valence-electron chi connectivity index (χ4n) is 3.82. The van der Waals surface area contributed by atoms with Crippen LogP contribution in [0.5, 0.6) is 0 Å². The van der Waals surface area contributed by atoms with E-state index in [-0.39, 0.29) is 17.0 Å². The van der Waals surface area contributed by atoms with Gasteiger partial charge in [0.2, 0.25) is 5.91 Å². The van der Waals surface area contributed by atoms with E-state index in [0.29, 0.717) is 17.0 Å². The smallest absolute Gasteiger partial charge is 0.341 e. The number of carbonyl (C=O) groups is 2. The van der Waals surface area contributed by atoms with Crippen LogP contribution in [-0.4, -0.2) is 24.5 Å². The monoisotopic (exact) mass is 398 g/mol. The van der Waals surface area contributed by atoms with Crippen LogP contribution in [0.1, 0.15) is 54.1 Å². The standard InChI is InChI=1S/C22H26N2O3S/c1-21(2)13-15-17(20(26)27-5)19(28-18(15)22(3,4)24-21)23-16(25)12-11-14-9-7-6-8-10-14/h6-12,24H,13H2,1-5H3,(H,23,25). The van der Waals surface area contributed by atoms with Gasteiger partial charge in [0.05, 0.1) is 12.7 Å². The normalized spacial score (nSPS) is 17.2. The number of anilines is 1. The maximum absolute atomic E-state index is 12.5. The van der Waals surface area contributed by atoms with Gasteiger partial charge in [0.15, 0.2) is 0 Å². The lowest BCUT2D eigenvalue weighted by Gasteiger charge is -2.42. The zero-order chi connectivity index (χ0) is 20.5. The van der Waals surface area contributed by atoms with Crippen molar-refractivity contribution < 1.29 is 14.3 Å². The molecule has 2 N–H and O–H groups in total. The van der Waals surface area contributed by atoms with E-state index in [1.807, 2.05) is 30.3 Å². The van der Waals surface area contributed by atoms with E-state index < -0.39 is 5.97 Å². The van der Waals surface area contributed by atoms with Gasteiger partial charge in [0.1, 0.15) is 5.00 Å². The predicted molar refractivity (Wildman–Crippen MR) is 114 cm³/mol. The molecule has 0 aliphatic carbocycles. The molecule has 0 saturated heterocycles. The summed E-state index contributed by atoms with van der Waals surface area (Å²) in [5, 5.41) is 7.03. The fraction of sp³-hybridized carbons (Fsp3) is 0.364. The number of hydrogen-bond acceptors (Lipinski definition) is 5. The van der Waals surface area contributed by atoms with E-state index in [1.165, 1.54) is 24.5 Å². The Morgan fingerprint density at radius 2 is 1.86 bits per heavy atom. The minimum absolute atomic E-state index is 0.172. The molecule has 0 atom stereocenters. The number of carbonyl (C=O) groups excluding carboxylic acids is 2. The van der Waals surface area contributed by atoms with Gasteiger partial charge < -0.3 is 15.4 Å². The van der Waals surface area contributed by atoms with Crippen LogP contribution >= 0.6 is 11.3 Å². The molecule has 6 heteroatoms. The summed E-state index contributed by atoms with van der Waals surface area (Å²) in [6, 6.07) is 9.59. The summed E-state index contributed by atoms with van der Waals surface area (Å²) in [6.45, 7) is 8.39. The third-order valence-corrected chi connectivity index (χ3v) is 6.17. The molecule has 0 spiro atoms. The van der Waals surface area contributed by atoms with Crippen LogP contribution in [0, 0.1) is 0 Å². The van der Waals surface area contributed by atoms with Crippen molar-refractivity contribution >= 4 is 34.3 Å². The van der Waals surface area contributed by atoms with E-state index in [0.717, 1.165) is 16.0 Å². The highest BCUT2D eigenvalue weighted by Gasteiger charge is 2.41. The maximum Gasteiger partial charge on any atom is 0.341 e. The molecule has 148 valence electrons. The number of esters is 1. The van der Waals surface area contributed by atoms with Crippen molar-refractivity contribution in [3.05, 3.63) is 58.0 Å². The van der Waals surface area contributed by atoms with Crippen LogP contribution in [0.3, 0.4) is 0 Å². The van der Waals surface area contributed by atoms with Gasteiger partial charge in [0, 0.05) is 22.0 Å². The van der Waals surface area contributed by atoms with E-state index in [4.69, 9.17) is 4.74 Å². The molecule has 2 aromatic rings. The second kappa shape index (κ2) is 7.53. The molecular weight excluding hydrogens is 372 g/mol.